The van der Waals surface area contributed by atoms with Gasteiger partial charge >= 0.3 is 0 Å². The summed E-state index contributed by atoms with van der Waals surface area (Å²) < 4.78 is 19.2. The Bertz CT molecular complexity index is 1350. The van der Waals surface area contributed by atoms with Gasteiger partial charge in [0, 0.05) is 16.8 Å². The average molecular weight is 489 g/mol. The lowest BCUT2D eigenvalue weighted by Gasteiger charge is -2.01. The molecule has 3 aromatic carbocycles. The van der Waals surface area contributed by atoms with Crippen molar-refractivity contribution in [2.45, 2.75) is 11.0 Å². The van der Waals surface area contributed by atoms with Crippen LogP contribution in [0.2, 0.25) is 0 Å². The van der Waals surface area contributed by atoms with Crippen molar-refractivity contribution < 1.29 is 13.6 Å². The molecule has 0 bridgehead atoms. The van der Waals surface area contributed by atoms with Gasteiger partial charge in [0.05, 0.1) is 5.75 Å². The Labute approximate surface area is 202 Å². The highest BCUT2D eigenvalue weighted by Gasteiger charge is 2.19. The van der Waals surface area contributed by atoms with E-state index in [2.05, 4.69) is 15.5 Å². The number of oxazole rings is 1. The normalized spacial score (nSPS) is 10.9. The van der Waals surface area contributed by atoms with Gasteiger partial charge in [-0.15, -0.1) is 10.2 Å². The number of halogens is 1. The molecule has 0 atom stereocenters. The molecule has 9 heteroatoms. The summed E-state index contributed by atoms with van der Waals surface area (Å²) in [5, 5.41) is 12.2. The quantitative estimate of drug-likeness (QED) is 0.262. The molecule has 0 radical (unpaired) electrons. The number of anilines is 1. The van der Waals surface area contributed by atoms with Crippen LogP contribution in [0.25, 0.3) is 22.6 Å². The summed E-state index contributed by atoms with van der Waals surface area (Å²) in [6, 6.07) is 25.3. The fourth-order valence-corrected chi connectivity index (χ4v) is 4.73. The number of hydrogen-bond acceptors (Lipinski definition) is 7. The van der Waals surface area contributed by atoms with Crippen LogP contribution in [-0.2, 0) is 5.75 Å². The zero-order valence-electron chi connectivity index (χ0n) is 17.6. The number of rotatable bonds is 7. The predicted octanol–water partition coefficient (Wildman–Crippen LogP) is 6.54. The average Bonchev–Trinajstić information content (AvgIpc) is 3.53. The lowest BCUT2D eigenvalue weighted by molar-refractivity contribution is 0.102. The largest absolute Gasteiger partial charge is 0.431 e. The second-order valence-electron chi connectivity index (χ2n) is 7.14. The van der Waals surface area contributed by atoms with Gasteiger partial charge in [-0.05, 0) is 24.3 Å². The molecule has 0 aliphatic rings. The minimum atomic E-state index is -0.394. The fourth-order valence-electron chi connectivity index (χ4n) is 3.18. The Morgan fingerprint density at radius 1 is 0.912 bits per heavy atom. The number of carbonyl (C=O) groups excluding carboxylic acids is 1. The van der Waals surface area contributed by atoms with Crippen molar-refractivity contribution in [1.29, 1.82) is 0 Å². The topological polar surface area (TPSA) is 80.9 Å². The highest BCUT2D eigenvalue weighted by atomic mass is 32.2. The molecule has 0 unspecified atom stereocenters. The summed E-state index contributed by atoms with van der Waals surface area (Å²) in [4.78, 5) is 17.1. The van der Waals surface area contributed by atoms with Crippen LogP contribution < -0.4 is 5.32 Å². The molecule has 34 heavy (non-hydrogen) atoms. The van der Waals surface area contributed by atoms with Crippen LogP contribution in [0.3, 0.4) is 0 Å². The van der Waals surface area contributed by atoms with Crippen molar-refractivity contribution in [1.82, 2.24) is 15.2 Å². The van der Waals surface area contributed by atoms with Gasteiger partial charge in [0.15, 0.2) is 5.76 Å². The minimum Gasteiger partial charge on any atom is -0.431 e. The maximum atomic E-state index is 13.0. The van der Waals surface area contributed by atoms with Gasteiger partial charge in [-0.1, -0.05) is 83.8 Å². The molecule has 2 aromatic heterocycles. The molecule has 0 saturated carbocycles. The number of benzene rings is 3. The van der Waals surface area contributed by atoms with Crippen LogP contribution in [0.1, 0.15) is 14.8 Å². The van der Waals surface area contributed by atoms with E-state index in [1.165, 1.54) is 47.4 Å². The first kappa shape index (κ1) is 22.0. The third-order valence-electron chi connectivity index (χ3n) is 4.77. The first-order valence-corrected chi connectivity index (χ1v) is 12.1. The van der Waals surface area contributed by atoms with Gasteiger partial charge in [-0.3, -0.25) is 4.79 Å². The van der Waals surface area contributed by atoms with Crippen molar-refractivity contribution >= 4 is 34.7 Å². The van der Waals surface area contributed by atoms with Crippen LogP contribution in [-0.4, -0.2) is 21.1 Å². The molecule has 0 saturated heterocycles. The molecule has 0 spiro atoms. The van der Waals surface area contributed by atoms with Crippen molar-refractivity contribution in [2.75, 3.05) is 5.32 Å². The van der Waals surface area contributed by atoms with Crippen LogP contribution >= 0.6 is 23.1 Å². The third kappa shape index (κ3) is 5.05. The smallest absolute Gasteiger partial charge is 0.286 e. The number of amides is 1. The Balaban J connectivity index is 1.31. The Morgan fingerprint density at radius 3 is 2.29 bits per heavy atom. The molecule has 2 heterocycles. The van der Waals surface area contributed by atoms with Gasteiger partial charge in [-0.2, -0.15) is 0 Å². The molecular weight excluding hydrogens is 471 g/mol. The van der Waals surface area contributed by atoms with E-state index in [4.69, 9.17) is 9.40 Å². The Morgan fingerprint density at radius 2 is 1.59 bits per heavy atom. The Hall–Kier alpha value is -3.82. The van der Waals surface area contributed by atoms with Gasteiger partial charge in [0.1, 0.15) is 16.5 Å². The SMILES string of the molecule is O=C(Nc1ccc(F)cc1)c1nnc(CSc2nc(-c3ccccc3)c(-c3ccccc3)o2)s1. The van der Waals surface area contributed by atoms with Gasteiger partial charge < -0.3 is 9.73 Å². The third-order valence-corrected chi connectivity index (χ3v) is 6.72. The maximum absolute atomic E-state index is 13.0. The summed E-state index contributed by atoms with van der Waals surface area (Å²) in [5.74, 6) is 0.385. The zero-order valence-corrected chi connectivity index (χ0v) is 19.3. The lowest BCUT2D eigenvalue weighted by Crippen LogP contribution is -2.11. The van der Waals surface area contributed by atoms with Crippen molar-refractivity contribution in [3.8, 4) is 22.6 Å². The molecule has 0 aliphatic heterocycles. The van der Waals surface area contributed by atoms with Gasteiger partial charge in [0.2, 0.25) is 5.01 Å². The van der Waals surface area contributed by atoms with E-state index in [0.717, 1.165) is 16.8 Å². The second kappa shape index (κ2) is 9.98. The number of nitrogens with one attached hydrogen (secondary N) is 1. The summed E-state index contributed by atoms with van der Waals surface area (Å²) in [6.45, 7) is 0. The van der Waals surface area contributed by atoms with Crippen LogP contribution in [0.4, 0.5) is 10.1 Å². The molecular formula is C25H17FN4O2S2. The van der Waals surface area contributed by atoms with E-state index in [1.54, 1.807) is 0 Å². The molecule has 0 aliphatic carbocycles. The van der Waals surface area contributed by atoms with Crippen LogP contribution in [0, 0.1) is 5.82 Å². The van der Waals surface area contributed by atoms with Crippen LogP contribution in [0.5, 0.6) is 0 Å². The van der Waals surface area contributed by atoms with E-state index in [9.17, 15) is 9.18 Å². The number of aromatic nitrogens is 3. The van der Waals surface area contributed by atoms with E-state index in [-0.39, 0.29) is 10.8 Å². The summed E-state index contributed by atoms with van der Waals surface area (Å²) in [6.07, 6.45) is 0. The maximum Gasteiger partial charge on any atom is 0.286 e. The molecule has 1 amide bonds. The number of hydrogen-bond donors (Lipinski definition) is 1. The summed E-state index contributed by atoms with van der Waals surface area (Å²) >= 11 is 2.57. The highest BCUT2D eigenvalue weighted by Crippen LogP contribution is 2.36. The number of carbonyl (C=O) groups is 1. The molecule has 1 N–H and O–H groups in total. The van der Waals surface area contributed by atoms with Gasteiger partial charge in [0.25, 0.3) is 11.1 Å². The van der Waals surface area contributed by atoms with Crippen LogP contribution in [0.15, 0.2) is 94.6 Å². The van der Waals surface area contributed by atoms with Gasteiger partial charge in [-0.25, -0.2) is 9.37 Å². The monoisotopic (exact) mass is 488 g/mol. The fraction of sp³-hybridized carbons (Fsp3) is 0.0400. The van der Waals surface area contributed by atoms with Crippen molar-refractivity contribution in [3.63, 3.8) is 0 Å². The molecule has 5 rings (SSSR count). The van der Waals surface area contributed by atoms with E-state index < -0.39 is 5.91 Å². The molecule has 0 fully saturated rings. The highest BCUT2D eigenvalue weighted by molar-refractivity contribution is 7.98. The second-order valence-corrected chi connectivity index (χ2v) is 9.13. The minimum absolute atomic E-state index is 0.224. The predicted molar refractivity (Wildman–Crippen MR) is 131 cm³/mol. The molecule has 168 valence electrons. The summed E-state index contributed by atoms with van der Waals surface area (Å²) in [5.41, 5.74) is 3.16. The van der Waals surface area contributed by atoms with Crippen molar-refractivity contribution in [2.24, 2.45) is 0 Å². The summed E-state index contributed by atoms with van der Waals surface area (Å²) in [7, 11) is 0. The van der Waals surface area contributed by atoms with E-state index >= 15 is 0 Å². The first-order valence-electron chi connectivity index (χ1n) is 10.3. The molecule has 5 aromatic rings. The Kier molecular flexibility index (Phi) is 6.46. The first-order chi connectivity index (χ1) is 16.7. The number of nitrogens with zero attached hydrogens (tertiary/aromatic N) is 3. The number of thioether (sulfide) groups is 1. The zero-order chi connectivity index (χ0) is 23.3. The van der Waals surface area contributed by atoms with E-state index in [0.29, 0.717) is 27.4 Å². The van der Waals surface area contributed by atoms with Crippen molar-refractivity contribution in [3.05, 3.63) is 101 Å². The van der Waals surface area contributed by atoms with E-state index in [1.807, 2.05) is 60.7 Å². The lowest BCUT2D eigenvalue weighted by atomic mass is 10.1. The molecule has 6 nitrogen and oxygen atoms in total. The standard InChI is InChI=1S/C25H17FN4O2S2/c26-18-11-13-19(14-12-18)27-23(31)24-30-29-20(34-24)15-33-25-28-21(16-7-3-1-4-8-16)22(32-25)17-9-5-2-6-10-17/h1-14H,15H2,(H,27,31).